The molecule has 5 nitrogen and oxygen atoms in total. The van der Waals surface area contributed by atoms with E-state index in [9.17, 15) is 4.79 Å². The monoisotopic (exact) mass is 279 g/mol. The van der Waals surface area contributed by atoms with Crippen molar-refractivity contribution in [1.29, 1.82) is 0 Å². The fourth-order valence-electron chi connectivity index (χ4n) is 1.67. The van der Waals surface area contributed by atoms with Gasteiger partial charge in [-0.3, -0.25) is 4.79 Å². The number of rotatable bonds is 5. The molecule has 0 bridgehead atoms. The fraction of sp³-hybridized carbons (Fsp3) is 0.385. The highest BCUT2D eigenvalue weighted by Crippen LogP contribution is 2.18. The summed E-state index contributed by atoms with van der Waals surface area (Å²) < 4.78 is 5.16. The summed E-state index contributed by atoms with van der Waals surface area (Å²) in [7, 11) is 1.63. The second kappa shape index (κ2) is 5.97. The number of benzene rings is 1. The van der Waals surface area contributed by atoms with Gasteiger partial charge in [-0.15, -0.1) is 0 Å². The van der Waals surface area contributed by atoms with Crippen LogP contribution in [0.15, 0.2) is 18.2 Å². The van der Waals surface area contributed by atoms with Gasteiger partial charge in [0.2, 0.25) is 5.91 Å². The van der Waals surface area contributed by atoms with Crippen molar-refractivity contribution in [3.8, 4) is 5.75 Å². The minimum Gasteiger partial charge on any atom is -0.497 e. The van der Waals surface area contributed by atoms with Gasteiger partial charge in [0, 0.05) is 6.07 Å². The molecule has 19 heavy (non-hydrogen) atoms. The van der Waals surface area contributed by atoms with Gasteiger partial charge < -0.3 is 15.0 Å². The molecule has 2 rings (SSSR count). The first-order chi connectivity index (χ1) is 9.13. The zero-order valence-electron chi connectivity index (χ0n) is 11.2. The molecule has 0 unspecified atom stereocenters. The SMILES string of the molecule is COc1ccc2nc(CNC(=O)[C@@H](C)SC)[nH]c2c1. The summed E-state index contributed by atoms with van der Waals surface area (Å²) in [5, 5.41) is 2.80. The zero-order valence-corrected chi connectivity index (χ0v) is 12.0. The molecule has 1 heterocycles. The number of thioether (sulfide) groups is 1. The number of hydrogen-bond acceptors (Lipinski definition) is 4. The molecule has 0 aliphatic heterocycles. The molecule has 2 N–H and O–H groups in total. The molecule has 2 aromatic rings. The Balaban J connectivity index is 2.07. The Morgan fingerprint density at radius 2 is 2.37 bits per heavy atom. The van der Waals surface area contributed by atoms with Crippen molar-refractivity contribution in [2.75, 3.05) is 13.4 Å². The number of imidazole rings is 1. The normalized spacial score (nSPS) is 12.4. The summed E-state index contributed by atoms with van der Waals surface area (Å²) >= 11 is 1.52. The second-order valence-corrected chi connectivity index (χ2v) is 5.34. The van der Waals surface area contributed by atoms with Crippen LogP contribution in [0.25, 0.3) is 11.0 Å². The third kappa shape index (κ3) is 3.20. The lowest BCUT2D eigenvalue weighted by molar-refractivity contribution is -0.120. The highest BCUT2D eigenvalue weighted by atomic mass is 32.2. The predicted molar refractivity (Wildman–Crippen MR) is 77.5 cm³/mol. The molecule has 6 heteroatoms. The number of methoxy groups -OCH3 is 1. The van der Waals surface area contributed by atoms with Crippen LogP contribution in [-0.2, 0) is 11.3 Å². The maximum Gasteiger partial charge on any atom is 0.233 e. The van der Waals surface area contributed by atoms with Crippen molar-refractivity contribution in [2.45, 2.75) is 18.7 Å². The summed E-state index contributed by atoms with van der Waals surface area (Å²) in [6, 6.07) is 5.64. The molecular formula is C13H17N3O2S. The number of fused-ring (bicyclic) bond motifs is 1. The summed E-state index contributed by atoms with van der Waals surface area (Å²) in [6.07, 6.45) is 1.91. The van der Waals surface area contributed by atoms with Gasteiger partial charge in [-0.25, -0.2) is 4.98 Å². The maximum atomic E-state index is 11.7. The van der Waals surface area contributed by atoms with Crippen LogP contribution >= 0.6 is 11.8 Å². The zero-order chi connectivity index (χ0) is 13.8. The van der Waals surface area contributed by atoms with Crippen molar-refractivity contribution in [3.63, 3.8) is 0 Å². The lowest BCUT2D eigenvalue weighted by Gasteiger charge is -2.07. The van der Waals surface area contributed by atoms with E-state index in [0.717, 1.165) is 22.6 Å². The van der Waals surface area contributed by atoms with Gasteiger partial charge in [-0.05, 0) is 25.3 Å². The van der Waals surface area contributed by atoms with E-state index in [1.54, 1.807) is 7.11 Å². The first kappa shape index (κ1) is 13.7. The van der Waals surface area contributed by atoms with E-state index in [4.69, 9.17) is 4.74 Å². The molecule has 1 amide bonds. The fourth-order valence-corrected chi connectivity index (χ4v) is 1.97. The van der Waals surface area contributed by atoms with E-state index < -0.39 is 0 Å². The van der Waals surface area contributed by atoms with Gasteiger partial charge in [-0.1, -0.05) is 0 Å². The maximum absolute atomic E-state index is 11.7. The molecule has 1 aromatic carbocycles. The number of hydrogen-bond donors (Lipinski definition) is 2. The lowest BCUT2D eigenvalue weighted by Crippen LogP contribution is -2.30. The number of carbonyl (C=O) groups excluding carboxylic acids is 1. The van der Waals surface area contributed by atoms with E-state index in [1.165, 1.54) is 11.8 Å². The Bertz CT molecular complexity index is 582. The van der Waals surface area contributed by atoms with E-state index in [0.29, 0.717) is 6.54 Å². The summed E-state index contributed by atoms with van der Waals surface area (Å²) in [5.74, 6) is 1.54. The Labute approximate surface area is 116 Å². The minimum atomic E-state index is -0.0514. The van der Waals surface area contributed by atoms with Crippen molar-refractivity contribution < 1.29 is 9.53 Å². The first-order valence-corrected chi connectivity index (χ1v) is 7.26. The molecule has 0 radical (unpaired) electrons. The van der Waals surface area contributed by atoms with Crippen molar-refractivity contribution in [2.24, 2.45) is 0 Å². The van der Waals surface area contributed by atoms with Crippen LogP contribution in [-0.4, -0.2) is 34.5 Å². The van der Waals surface area contributed by atoms with E-state index in [-0.39, 0.29) is 11.2 Å². The molecule has 1 aromatic heterocycles. The van der Waals surface area contributed by atoms with Crippen LogP contribution in [0, 0.1) is 0 Å². The molecule has 102 valence electrons. The van der Waals surface area contributed by atoms with Crippen LogP contribution in [0.5, 0.6) is 5.75 Å². The molecule has 0 aliphatic carbocycles. The van der Waals surface area contributed by atoms with Gasteiger partial charge in [0.25, 0.3) is 0 Å². The summed E-state index contributed by atoms with van der Waals surface area (Å²) in [6.45, 7) is 2.28. The topological polar surface area (TPSA) is 67.0 Å². The predicted octanol–water partition coefficient (Wildman–Crippen LogP) is 1.94. The third-order valence-electron chi connectivity index (χ3n) is 2.89. The van der Waals surface area contributed by atoms with Gasteiger partial charge in [-0.2, -0.15) is 11.8 Å². The molecule has 0 fully saturated rings. The van der Waals surface area contributed by atoms with Crippen LogP contribution in [0.2, 0.25) is 0 Å². The number of carbonyl (C=O) groups is 1. The highest BCUT2D eigenvalue weighted by Gasteiger charge is 2.11. The van der Waals surface area contributed by atoms with Crippen molar-refractivity contribution >= 4 is 28.7 Å². The molecule has 1 atom stereocenters. The Kier molecular flexibility index (Phi) is 4.31. The van der Waals surface area contributed by atoms with E-state index in [1.807, 2.05) is 31.4 Å². The van der Waals surface area contributed by atoms with Crippen LogP contribution in [0.4, 0.5) is 0 Å². The number of aromatic amines is 1. The number of nitrogens with one attached hydrogen (secondary N) is 2. The quantitative estimate of drug-likeness (QED) is 0.877. The molecule has 0 saturated carbocycles. The average Bonchev–Trinajstić information content (AvgIpc) is 2.85. The average molecular weight is 279 g/mol. The van der Waals surface area contributed by atoms with E-state index in [2.05, 4.69) is 15.3 Å². The molecule has 0 aliphatic rings. The highest BCUT2D eigenvalue weighted by molar-refractivity contribution is 7.99. The standard InChI is InChI=1S/C13H17N3O2S/c1-8(19-3)13(17)14-7-12-15-10-5-4-9(18-2)6-11(10)16-12/h4-6,8H,7H2,1-3H3,(H,14,17)(H,15,16)/t8-/m1/s1. The number of nitrogens with zero attached hydrogens (tertiary/aromatic N) is 1. The van der Waals surface area contributed by atoms with E-state index >= 15 is 0 Å². The van der Waals surface area contributed by atoms with Gasteiger partial charge in [0.05, 0.1) is 29.9 Å². The summed E-state index contributed by atoms with van der Waals surface area (Å²) in [4.78, 5) is 19.3. The Hall–Kier alpha value is -1.69. The number of ether oxygens (including phenoxy) is 1. The van der Waals surface area contributed by atoms with Gasteiger partial charge in [0.15, 0.2) is 0 Å². The number of H-pyrrole nitrogens is 1. The van der Waals surface area contributed by atoms with Crippen LogP contribution in [0.3, 0.4) is 0 Å². The Morgan fingerprint density at radius 3 is 3.05 bits per heavy atom. The molecule has 0 spiro atoms. The van der Waals surface area contributed by atoms with Crippen LogP contribution < -0.4 is 10.1 Å². The minimum absolute atomic E-state index is 0.0190. The second-order valence-electron chi connectivity index (χ2n) is 4.16. The van der Waals surface area contributed by atoms with Gasteiger partial charge in [0.1, 0.15) is 11.6 Å². The first-order valence-electron chi connectivity index (χ1n) is 5.97. The lowest BCUT2D eigenvalue weighted by atomic mass is 10.3. The molecule has 0 saturated heterocycles. The van der Waals surface area contributed by atoms with Gasteiger partial charge >= 0.3 is 0 Å². The van der Waals surface area contributed by atoms with Crippen LogP contribution in [0.1, 0.15) is 12.7 Å². The number of aromatic nitrogens is 2. The van der Waals surface area contributed by atoms with Crippen molar-refractivity contribution in [3.05, 3.63) is 24.0 Å². The van der Waals surface area contributed by atoms with Crippen molar-refractivity contribution in [1.82, 2.24) is 15.3 Å². The molecular weight excluding hydrogens is 262 g/mol. The smallest absolute Gasteiger partial charge is 0.233 e. The third-order valence-corrected chi connectivity index (χ3v) is 3.81. The largest absolute Gasteiger partial charge is 0.497 e. The Morgan fingerprint density at radius 1 is 1.58 bits per heavy atom. The summed E-state index contributed by atoms with van der Waals surface area (Å²) in [5.41, 5.74) is 1.77. The number of amides is 1.